The van der Waals surface area contributed by atoms with Gasteiger partial charge >= 0.3 is 0 Å². The zero-order chi connectivity index (χ0) is 11.5. The van der Waals surface area contributed by atoms with Gasteiger partial charge in [-0.1, -0.05) is 12.8 Å². The van der Waals surface area contributed by atoms with Gasteiger partial charge in [0.25, 0.3) is 0 Å². The summed E-state index contributed by atoms with van der Waals surface area (Å²) in [4.78, 5) is 24.9. The van der Waals surface area contributed by atoms with Crippen molar-refractivity contribution in [3.05, 3.63) is 0 Å². The molecule has 2 amide bonds. The molecule has 2 fully saturated rings. The molecule has 4 nitrogen and oxygen atoms in total. The third-order valence-corrected chi connectivity index (χ3v) is 3.71. The van der Waals surface area contributed by atoms with Crippen LogP contribution in [0.15, 0.2) is 0 Å². The van der Waals surface area contributed by atoms with E-state index in [9.17, 15) is 9.59 Å². The van der Waals surface area contributed by atoms with Gasteiger partial charge in [-0.05, 0) is 18.8 Å². The normalized spacial score (nSPS) is 25.8. The monoisotopic (exact) mass is 224 g/mol. The van der Waals surface area contributed by atoms with Crippen molar-refractivity contribution >= 4 is 11.8 Å². The standard InChI is InChI=1S/C12H20N2O2/c1-14(8-9-4-2-3-5-9)12(16)10-6-11(15)13-7-10/h9-10H,2-8H2,1H3,(H,13,15). The van der Waals surface area contributed by atoms with Gasteiger partial charge in [-0.3, -0.25) is 9.59 Å². The van der Waals surface area contributed by atoms with E-state index in [-0.39, 0.29) is 17.7 Å². The number of amides is 2. The largest absolute Gasteiger partial charge is 0.355 e. The smallest absolute Gasteiger partial charge is 0.227 e. The molecule has 2 aliphatic rings. The second-order valence-corrected chi connectivity index (χ2v) is 5.07. The predicted molar refractivity (Wildman–Crippen MR) is 60.7 cm³/mol. The van der Waals surface area contributed by atoms with Crippen molar-refractivity contribution < 1.29 is 9.59 Å². The predicted octanol–water partition coefficient (Wildman–Crippen LogP) is 0.771. The van der Waals surface area contributed by atoms with Gasteiger partial charge in [0.2, 0.25) is 11.8 Å². The molecule has 1 saturated heterocycles. The summed E-state index contributed by atoms with van der Waals surface area (Å²) in [6.45, 7) is 1.39. The van der Waals surface area contributed by atoms with Crippen LogP contribution in [0.2, 0.25) is 0 Å². The van der Waals surface area contributed by atoms with Gasteiger partial charge < -0.3 is 10.2 Å². The van der Waals surface area contributed by atoms with Gasteiger partial charge in [0, 0.05) is 26.6 Å². The number of hydrogen-bond donors (Lipinski definition) is 1. The van der Waals surface area contributed by atoms with Gasteiger partial charge in [-0.15, -0.1) is 0 Å². The summed E-state index contributed by atoms with van der Waals surface area (Å²) in [7, 11) is 1.86. The lowest BCUT2D eigenvalue weighted by molar-refractivity contribution is -0.135. The van der Waals surface area contributed by atoms with Crippen LogP contribution in [0.1, 0.15) is 32.1 Å². The van der Waals surface area contributed by atoms with Gasteiger partial charge in [-0.2, -0.15) is 0 Å². The molecular formula is C12H20N2O2. The second-order valence-electron chi connectivity index (χ2n) is 5.07. The first-order valence-electron chi connectivity index (χ1n) is 6.18. The van der Waals surface area contributed by atoms with Crippen LogP contribution in [0, 0.1) is 11.8 Å². The van der Waals surface area contributed by atoms with Crippen LogP contribution in [-0.4, -0.2) is 36.9 Å². The third kappa shape index (κ3) is 2.54. The van der Waals surface area contributed by atoms with Gasteiger partial charge in [0.15, 0.2) is 0 Å². The second kappa shape index (κ2) is 4.85. The number of nitrogens with one attached hydrogen (secondary N) is 1. The Labute approximate surface area is 96.4 Å². The Morgan fingerprint density at radius 2 is 2.12 bits per heavy atom. The molecule has 0 bridgehead atoms. The molecule has 0 aromatic rings. The van der Waals surface area contributed by atoms with Gasteiger partial charge in [-0.25, -0.2) is 0 Å². The minimum absolute atomic E-state index is 0.00705. The van der Waals surface area contributed by atoms with Crippen molar-refractivity contribution in [2.24, 2.45) is 11.8 Å². The van der Waals surface area contributed by atoms with E-state index in [0.29, 0.717) is 18.9 Å². The molecule has 1 N–H and O–H groups in total. The van der Waals surface area contributed by atoms with Crippen LogP contribution in [0.4, 0.5) is 0 Å². The fraction of sp³-hybridized carbons (Fsp3) is 0.833. The Bertz CT molecular complexity index is 285. The molecule has 1 aliphatic heterocycles. The van der Waals surface area contributed by atoms with Crippen molar-refractivity contribution in [1.29, 1.82) is 0 Å². The van der Waals surface area contributed by atoms with Gasteiger partial charge in [0.05, 0.1) is 5.92 Å². The average Bonchev–Trinajstić information content (AvgIpc) is 2.88. The minimum Gasteiger partial charge on any atom is -0.355 e. The van der Waals surface area contributed by atoms with E-state index in [1.165, 1.54) is 25.7 Å². The van der Waals surface area contributed by atoms with Crippen LogP contribution in [0.5, 0.6) is 0 Å². The highest BCUT2D eigenvalue weighted by Gasteiger charge is 2.31. The SMILES string of the molecule is CN(CC1CCCC1)C(=O)C1CNC(=O)C1. The minimum atomic E-state index is -0.126. The third-order valence-electron chi connectivity index (χ3n) is 3.71. The van der Waals surface area contributed by atoms with Crippen molar-refractivity contribution in [3.8, 4) is 0 Å². The quantitative estimate of drug-likeness (QED) is 0.770. The first kappa shape index (κ1) is 11.4. The van der Waals surface area contributed by atoms with Crippen molar-refractivity contribution in [2.45, 2.75) is 32.1 Å². The first-order chi connectivity index (χ1) is 7.66. The molecule has 0 spiro atoms. The Morgan fingerprint density at radius 3 is 2.69 bits per heavy atom. The fourth-order valence-corrected chi connectivity index (χ4v) is 2.76. The van der Waals surface area contributed by atoms with E-state index in [4.69, 9.17) is 0 Å². The maximum absolute atomic E-state index is 12.0. The highest BCUT2D eigenvalue weighted by molar-refractivity contribution is 5.89. The summed E-state index contributed by atoms with van der Waals surface area (Å²) >= 11 is 0. The highest BCUT2D eigenvalue weighted by Crippen LogP contribution is 2.25. The lowest BCUT2D eigenvalue weighted by atomic mass is 10.0. The van der Waals surface area contributed by atoms with E-state index in [1.807, 2.05) is 11.9 Å². The summed E-state index contributed by atoms with van der Waals surface area (Å²) < 4.78 is 0. The van der Waals surface area contributed by atoms with Crippen molar-refractivity contribution in [1.82, 2.24) is 10.2 Å². The molecule has 2 rings (SSSR count). The molecule has 1 unspecified atom stereocenters. The van der Waals surface area contributed by atoms with Crippen LogP contribution < -0.4 is 5.32 Å². The Morgan fingerprint density at radius 1 is 1.44 bits per heavy atom. The lowest BCUT2D eigenvalue weighted by Crippen LogP contribution is -2.36. The molecule has 0 aromatic heterocycles. The van der Waals surface area contributed by atoms with Crippen molar-refractivity contribution in [3.63, 3.8) is 0 Å². The Hall–Kier alpha value is -1.06. The summed E-state index contributed by atoms with van der Waals surface area (Å²) in [5.74, 6) is 0.691. The van der Waals surface area contributed by atoms with Crippen LogP contribution in [-0.2, 0) is 9.59 Å². The van der Waals surface area contributed by atoms with E-state index >= 15 is 0 Å². The van der Waals surface area contributed by atoms with E-state index in [2.05, 4.69) is 5.32 Å². The van der Waals surface area contributed by atoms with Crippen LogP contribution >= 0.6 is 0 Å². The summed E-state index contributed by atoms with van der Waals surface area (Å²) in [6.07, 6.45) is 5.47. The summed E-state index contributed by atoms with van der Waals surface area (Å²) in [5, 5.41) is 2.71. The number of carbonyl (C=O) groups is 2. The molecule has 1 saturated carbocycles. The zero-order valence-corrected chi connectivity index (χ0v) is 9.87. The number of hydrogen-bond acceptors (Lipinski definition) is 2. The zero-order valence-electron chi connectivity index (χ0n) is 9.87. The molecule has 1 aliphatic carbocycles. The van der Waals surface area contributed by atoms with E-state index in [0.717, 1.165) is 6.54 Å². The van der Waals surface area contributed by atoms with Gasteiger partial charge in [0.1, 0.15) is 0 Å². The highest BCUT2D eigenvalue weighted by atomic mass is 16.2. The number of nitrogens with zero attached hydrogens (tertiary/aromatic N) is 1. The maximum Gasteiger partial charge on any atom is 0.227 e. The van der Waals surface area contributed by atoms with E-state index in [1.54, 1.807) is 0 Å². The molecule has 90 valence electrons. The topological polar surface area (TPSA) is 49.4 Å². The number of carbonyl (C=O) groups excluding carboxylic acids is 2. The van der Waals surface area contributed by atoms with Crippen LogP contribution in [0.25, 0.3) is 0 Å². The van der Waals surface area contributed by atoms with E-state index < -0.39 is 0 Å². The maximum atomic E-state index is 12.0. The first-order valence-corrected chi connectivity index (χ1v) is 6.18. The molecule has 0 radical (unpaired) electrons. The molecular weight excluding hydrogens is 204 g/mol. The van der Waals surface area contributed by atoms with Crippen molar-refractivity contribution in [2.75, 3.05) is 20.1 Å². The Kier molecular flexibility index (Phi) is 3.46. The molecule has 4 heteroatoms. The molecule has 1 heterocycles. The molecule has 1 atom stereocenters. The Balaban J connectivity index is 1.81. The van der Waals surface area contributed by atoms with Crippen LogP contribution in [0.3, 0.4) is 0 Å². The number of rotatable bonds is 3. The lowest BCUT2D eigenvalue weighted by Gasteiger charge is -2.23. The molecule has 16 heavy (non-hydrogen) atoms. The summed E-state index contributed by atoms with van der Waals surface area (Å²) in [5.41, 5.74) is 0. The average molecular weight is 224 g/mol. The fourth-order valence-electron chi connectivity index (χ4n) is 2.76. The summed E-state index contributed by atoms with van der Waals surface area (Å²) in [6, 6.07) is 0. The molecule has 0 aromatic carbocycles.